The zero-order chi connectivity index (χ0) is 13.2. The molecule has 3 nitrogen and oxygen atoms in total. The number of ether oxygens (including phenoxy) is 1. The van der Waals surface area contributed by atoms with E-state index in [0.717, 1.165) is 16.7 Å². The maximum atomic E-state index is 9.97. The van der Waals surface area contributed by atoms with Crippen LogP contribution in [0.5, 0.6) is 5.75 Å². The monoisotopic (exact) mass is 245 g/mol. The summed E-state index contributed by atoms with van der Waals surface area (Å²) in [5.74, 6) is 0.719. The van der Waals surface area contributed by atoms with E-state index in [-0.39, 0.29) is 12.0 Å². The van der Waals surface area contributed by atoms with Crippen LogP contribution in [0.2, 0.25) is 0 Å². The van der Waals surface area contributed by atoms with Crippen molar-refractivity contribution in [3.63, 3.8) is 0 Å². The molecule has 0 aliphatic heterocycles. The summed E-state index contributed by atoms with van der Waals surface area (Å²) in [7, 11) is 0. The van der Waals surface area contributed by atoms with E-state index in [0.29, 0.717) is 0 Å². The number of para-hydroxylation sites is 1. The van der Waals surface area contributed by atoms with Crippen LogP contribution in [0.25, 0.3) is 10.9 Å². The van der Waals surface area contributed by atoms with Gasteiger partial charge in [-0.15, -0.1) is 0 Å². The Hall–Kier alpha value is -1.61. The van der Waals surface area contributed by atoms with Crippen LogP contribution < -0.4 is 4.74 Å². The molecule has 2 aromatic rings. The molecular formula is C15H19NO2. The summed E-state index contributed by atoms with van der Waals surface area (Å²) in [6.45, 7) is 6.24. The molecule has 0 bridgehead atoms. The van der Waals surface area contributed by atoms with Crippen molar-refractivity contribution in [3.05, 3.63) is 36.5 Å². The molecule has 0 aliphatic carbocycles. The number of hydrogen-bond donors (Lipinski definition) is 1. The van der Waals surface area contributed by atoms with Gasteiger partial charge in [0.2, 0.25) is 0 Å². The number of aliphatic hydroxyl groups excluding tert-OH is 1. The Morgan fingerprint density at radius 1 is 1.22 bits per heavy atom. The Morgan fingerprint density at radius 2 is 1.94 bits per heavy atom. The lowest BCUT2D eigenvalue weighted by Gasteiger charge is -2.25. The van der Waals surface area contributed by atoms with Crippen molar-refractivity contribution < 1.29 is 9.84 Å². The summed E-state index contributed by atoms with van der Waals surface area (Å²) in [6.07, 6.45) is 1.24. The Labute approximate surface area is 107 Å². The molecule has 1 heterocycles. The lowest BCUT2D eigenvalue weighted by Crippen LogP contribution is -2.31. The zero-order valence-corrected chi connectivity index (χ0v) is 11.1. The van der Waals surface area contributed by atoms with Crippen LogP contribution in [-0.2, 0) is 0 Å². The highest BCUT2D eigenvalue weighted by Gasteiger charge is 2.22. The van der Waals surface area contributed by atoms with Gasteiger partial charge in [-0.1, -0.05) is 39.0 Å². The molecule has 0 spiro atoms. The minimum Gasteiger partial charge on any atom is -0.489 e. The minimum absolute atomic E-state index is 0.183. The Kier molecular flexibility index (Phi) is 3.53. The fourth-order valence-electron chi connectivity index (χ4n) is 1.61. The largest absolute Gasteiger partial charge is 0.489 e. The second-order valence-electron chi connectivity index (χ2n) is 5.52. The van der Waals surface area contributed by atoms with Crippen LogP contribution >= 0.6 is 0 Å². The molecule has 1 aromatic carbocycles. The van der Waals surface area contributed by atoms with E-state index in [1.165, 1.54) is 0 Å². The average molecular weight is 245 g/mol. The van der Waals surface area contributed by atoms with Gasteiger partial charge in [0, 0.05) is 11.6 Å². The van der Waals surface area contributed by atoms with Gasteiger partial charge >= 0.3 is 0 Å². The molecule has 0 saturated heterocycles. The quantitative estimate of drug-likeness (QED) is 0.903. The molecule has 1 aromatic heterocycles. The second-order valence-corrected chi connectivity index (χ2v) is 5.52. The maximum absolute atomic E-state index is 9.97. The van der Waals surface area contributed by atoms with Gasteiger partial charge in [0.15, 0.2) is 0 Å². The van der Waals surface area contributed by atoms with Gasteiger partial charge in [-0.2, -0.15) is 0 Å². The van der Waals surface area contributed by atoms with Crippen molar-refractivity contribution in [2.24, 2.45) is 5.41 Å². The third-order valence-corrected chi connectivity index (χ3v) is 2.99. The molecule has 0 saturated carbocycles. The molecule has 3 heteroatoms. The summed E-state index contributed by atoms with van der Waals surface area (Å²) >= 11 is 0. The average Bonchev–Trinajstić information content (AvgIpc) is 2.34. The minimum atomic E-state index is -0.503. The van der Waals surface area contributed by atoms with Crippen LogP contribution in [0.3, 0.4) is 0 Å². The first kappa shape index (κ1) is 12.8. The van der Waals surface area contributed by atoms with Gasteiger partial charge in [0.1, 0.15) is 17.9 Å². The smallest absolute Gasteiger partial charge is 0.145 e. The Bertz CT molecular complexity index is 526. The molecule has 18 heavy (non-hydrogen) atoms. The van der Waals surface area contributed by atoms with Crippen LogP contribution in [0, 0.1) is 5.41 Å². The van der Waals surface area contributed by atoms with Crippen molar-refractivity contribution in [3.8, 4) is 5.75 Å². The third-order valence-electron chi connectivity index (χ3n) is 2.99. The van der Waals surface area contributed by atoms with Crippen molar-refractivity contribution in [1.29, 1.82) is 0 Å². The van der Waals surface area contributed by atoms with Crippen LogP contribution in [0.1, 0.15) is 20.8 Å². The molecule has 0 fully saturated rings. The predicted molar refractivity (Wildman–Crippen MR) is 72.7 cm³/mol. The Morgan fingerprint density at radius 3 is 2.67 bits per heavy atom. The summed E-state index contributed by atoms with van der Waals surface area (Å²) in [5.41, 5.74) is 0.652. The summed E-state index contributed by atoms with van der Waals surface area (Å²) in [5, 5.41) is 11.0. The van der Waals surface area contributed by atoms with Crippen molar-refractivity contribution >= 4 is 10.9 Å². The first-order valence-corrected chi connectivity index (χ1v) is 6.13. The SMILES string of the molecule is CC(C)(C)C(O)COc1cccc2cccnc12. The molecule has 2 rings (SSSR count). The molecule has 1 N–H and O–H groups in total. The molecule has 0 radical (unpaired) electrons. The first-order valence-electron chi connectivity index (χ1n) is 6.13. The van der Waals surface area contributed by atoms with Gasteiger partial charge < -0.3 is 9.84 Å². The first-order chi connectivity index (χ1) is 8.48. The zero-order valence-electron chi connectivity index (χ0n) is 11.1. The lowest BCUT2D eigenvalue weighted by atomic mass is 9.90. The number of rotatable bonds is 3. The van der Waals surface area contributed by atoms with Crippen LogP contribution in [0.4, 0.5) is 0 Å². The lowest BCUT2D eigenvalue weighted by molar-refractivity contribution is 0.0222. The summed E-state index contributed by atoms with van der Waals surface area (Å²) in [4.78, 5) is 4.31. The number of nitrogens with zero attached hydrogens (tertiary/aromatic N) is 1. The number of aliphatic hydroxyl groups is 1. The number of fused-ring (bicyclic) bond motifs is 1. The molecule has 0 amide bonds. The Balaban J connectivity index is 2.18. The standard InChI is InChI=1S/C15H19NO2/c1-15(2,3)13(17)10-18-12-8-4-6-11-7-5-9-16-14(11)12/h4-9,13,17H,10H2,1-3H3. The van der Waals surface area contributed by atoms with Crippen LogP contribution in [0.15, 0.2) is 36.5 Å². The van der Waals surface area contributed by atoms with E-state index in [1.54, 1.807) is 6.20 Å². The topological polar surface area (TPSA) is 42.4 Å². The molecule has 1 unspecified atom stereocenters. The second kappa shape index (κ2) is 4.94. The van der Waals surface area contributed by atoms with E-state index >= 15 is 0 Å². The summed E-state index contributed by atoms with van der Waals surface area (Å²) in [6, 6.07) is 9.70. The summed E-state index contributed by atoms with van der Waals surface area (Å²) < 4.78 is 5.70. The van der Waals surface area contributed by atoms with Gasteiger partial charge in [0.25, 0.3) is 0 Å². The van der Waals surface area contributed by atoms with E-state index < -0.39 is 6.10 Å². The highest BCUT2D eigenvalue weighted by Crippen LogP contribution is 2.25. The van der Waals surface area contributed by atoms with Crippen molar-refractivity contribution in [2.75, 3.05) is 6.61 Å². The number of hydrogen-bond acceptors (Lipinski definition) is 3. The van der Waals surface area contributed by atoms with Gasteiger partial charge in [-0.25, -0.2) is 0 Å². The molecule has 0 aliphatic rings. The van der Waals surface area contributed by atoms with Gasteiger partial charge in [0.05, 0.1) is 6.10 Å². The highest BCUT2D eigenvalue weighted by atomic mass is 16.5. The predicted octanol–water partition coefficient (Wildman–Crippen LogP) is 3.02. The maximum Gasteiger partial charge on any atom is 0.145 e. The fraction of sp³-hybridized carbons (Fsp3) is 0.400. The van der Waals surface area contributed by atoms with Crippen molar-refractivity contribution in [1.82, 2.24) is 4.98 Å². The highest BCUT2D eigenvalue weighted by molar-refractivity contribution is 5.84. The van der Waals surface area contributed by atoms with E-state index in [2.05, 4.69) is 4.98 Å². The third kappa shape index (κ3) is 2.79. The van der Waals surface area contributed by atoms with E-state index in [1.807, 2.05) is 51.1 Å². The number of benzene rings is 1. The molecule has 1 atom stereocenters. The molecule has 96 valence electrons. The van der Waals surface area contributed by atoms with Crippen LogP contribution in [-0.4, -0.2) is 22.8 Å². The van der Waals surface area contributed by atoms with Gasteiger partial charge in [-0.05, 0) is 17.5 Å². The normalized spacial score (nSPS) is 13.6. The molecular weight excluding hydrogens is 226 g/mol. The number of pyridine rings is 1. The fourth-order valence-corrected chi connectivity index (χ4v) is 1.61. The van der Waals surface area contributed by atoms with E-state index in [9.17, 15) is 5.11 Å². The van der Waals surface area contributed by atoms with E-state index in [4.69, 9.17) is 4.74 Å². The van der Waals surface area contributed by atoms with Gasteiger partial charge in [-0.3, -0.25) is 4.98 Å². The van der Waals surface area contributed by atoms with Crippen molar-refractivity contribution in [2.45, 2.75) is 26.9 Å². The number of aromatic nitrogens is 1.